The Morgan fingerprint density at radius 3 is 2.93 bits per heavy atom. The summed E-state index contributed by atoms with van der Waals surface area (Å²) in [6.07, 6.45) is 6.71. The van der Waals surface area contributed by atoms with Crippen molar-refractivity contribution in [3.63, 3.8) is 0 Å². The minimum Gasteiger partial charge on any atom is -0.297 e. The summed E-state index contributed by atoms with van der Waals surface area (Å²) in [5.41, 5.74) is 1.53. The van der Waals surface area contributed by atoms with Gasteiger partial charge in [0.2, 0.25) is 0 Å². The van der Waals surface area contributed by atoms with Crippen molar-refractivity contribution in [2.24, 2.45) is 5.92 Å². The van der Waals surface area contributed by atoms with Crippen LogP contribution in [0.2, 0.25) is 0 Å². The van der Waals surface area contributed by atoms with E-state index in [9.17, 15) is 0 Å². The van der Waals surface area contributed by atoms with E-state index in [0.717, 1.165) is 18.0 Å². The molecule has 0 aromatic carbocycles. The number of nitrogens with zero attached hydrogens (tertiary/aromatic N) is 1. The first-order valence-electron chi connectivity index (χ1n) is 6.17. The van der Waals surface area contributed by atoms with Gasteiger partial charge in [0.05, 0.1) is 0 Å². The van der Waals surface area contributed by atoms with E-state index >= 15 is 0 Å². The number of fused-ring (bicyclic) bond motifs is 1. The van der Waals surface area contributed by atoms with Crippen LogP contribution < -0.4 is 0 Å². The normalized spacial score (nSPS) is 38.7. The molecule has 0 bridgehead atoms. The summed E-state index contributed by atoms with van der Waals surface area (Å²) in [5, 5.41) is 0. The van der Waals surface area contributed by atoms with Gasteiger partial charge in [-0.1, -0.05) is 25.5 Å². The fourth-order valence-corrected chi connectivity index (χ4v) is 3.33. The van der Waals surface area contributed by atoms with E-state index in [1.54, 1.807) is 0 Å². The minimum absolute atomic E-state index is 0.804. The second-order valence-corrected chi connectivity index (χ2v) is 5.03. The average molecular weight is 193 g/mol. The van der Waals surface area contributed by atoms with Crippen LogP contribution in [0.4, 0.5) is 0 Å². The maximum atomic E-state index is 4.27. The van der Waals surface area contributed by atoms with Gasteiger partial charge < -0.3 is 0 Å². The van der Waals surface area contributed by atoms with E-state index in [-0.39, 0.29) is 0 Å². The smallest absolute Gasteiger partial charge is 0.0164 e. The lowest BCUT2D eigenvalue weighted by molar-refractivity contribution is 0.134. The van der Waals surface area contributed by atoms with Gasteiger partial charge in [-0.15, -0.1) is 0 Å². The monoisotopic (exact) mass is 193 g/mol. The molecule has 1 unspecified atom stereocenters. The Morgan fingerprint density at radius 1 is 1.43 bits per heavy atom. The van der Waals surface area contributed by atoms with Gasteiger partial charge >= 0.3 is 0 Å². The van der Waals surface area contributed by atoms with Crippen molar-refractivity contribution < 1.29 is 0 Å². The van der Waals surface area contributed by atoms with E-state index in [4.69, 9.17) is 0 Å². The van der Waals surface area contributed by atoms with Gasteiger partial charge in [0.1, 0.15) is 0 Å². The first-order chi connectivity index (χ1) is 6.74. The van der Waals surface area contributed by atoms with Gasteiger partial charge in [-0.05, 0) is 38.5 Å². The van der Waals surface area contributed by atoms with Gasteiger partial charge in [-0.2, -0.15) is 0 Å². The Balaban J connectivity index is 2.09. The summed E-state index contributed by atoms with van der Waals surface area (Å²) >= 11 is 0. The van der Waals surface area contributed by atoms with Crippen molar-refractivity contribution in [1.29, 1.82) is 0 Å². The van der Waals surface area contributed by atoms with Gasteiger partial charge in [-0.25, -0.2) is 0 Å². The molecule has 0 amide bonds. The third kappa shape index (κ3) is 1.63. The van der Waals surface area contributed by atoms with Crippen LogP contribution in [0.5, 0.6) is 0 Å². The molecule has 0 spiro atoms. The second kappa shape index (κ2) is 4.06. The molecule has 14 heavy (non-hydrogen) atoms. The summed E-state index contributed by atoms with van der Waals surface area (Å²) in [6, 6.07) is 1.67. The molecule has 0 aliphatic carbocycles. The van der Waals surface area contributed by atoms with E-state index in [0.29, 0.717) is 0 Å². The predicted octanol–water partition coefficient (Wildman–Crippen LogP) is 3.22. The minimum atomic E-state index is 0.804. The van der Waals surface area contributed by atoms with Crippen LogP contribution in [0.25, 0.3) is 0 Å². The molecule has 2 saturated heterocycles. The first-order valence-corrected chi connectivity index (χ1v) is 6.17. The van der Waals surface area contributed by atoms with Crippen LogP contribution >= 0.6 is 0 Å². The zero-order chi connectivity index (χ0) is 10.1. The van der Waals surface area contributed by atoms with Crippen LogP contribution in [-0.4, -0.2) is 23.5 Å². The molecule has 3 atom stereocenters. The van der Waals surface area contributed by atoms with Crippen LogP contribution in [0, 0.1) is 5.92 Å². The van der Waals surface area contributed by atoms with Crippen LogP contribution in [0.15, 0.2) is 12.2 Å². The van der Waals surface area contributed by atoms with Crippen LogP contribution in [0.1, 0.15) is 46.0 Å². The van der Waals surface area contributed by atoms with Crippen molar-refractivity contribution in [2.45, 2.75) is 58.0 Å². The number of piperidine rings is 1. The van der Waals surface area contributed by atoms with Gasteiger partial charge in [0.25, 0.3) is 0 Å². The lowest BCUT2D eigenvalue weighted by Crippen LogP contribution is -2.44. The van der Waals surface area contributed by atoms with Crippen molar-refractivity contribution in [3.8, 4) is 0 Å². The lowest BCUT2D eigenvalue weighted by atomic mass is 9.82. The Morgan fingerprint density at radius 2 is 2.21 bits per heavy atom. The average Bonchev–Trinajstić information content (AvgIpc) is 2.53. The topological polar surface area (TPSA) is 3.24 Å². The van der Waals surface area contributed by atoms with Crippen molar-refractivity contribution in [3.05, 3.63) is 12.2 Å². The molecule has 1 heteroatoms. The molecule has 2 heterocycles. The highest BCUT2D eigenvalue weighted by molar-refractivity contribution is 5.12. The summed E-state index contributed by atoms with van der Waals surface area (Å²) in [5.74, 6) is 0.804. The first kappa shape index (κ1) is 10.2. The van der Waals surface area contributed by atoms with Gasteiger partial charge in [0, 0.05) is 18.6 Å². The molecule has 0 N–H and O–H groups in total. The van der Waals surface area contributed by atoms with E-state index in [2.05, 4.69) is 25.3 Å². The maximum Gasteiger partial charge on any atom is 0.0164 e. The number of rotatable bonds is 2. The highest BCUT2D eigenvalue weighted by Crippen LogP contribution is 2.39. The molecular weight excluding hydrogens is 170 g/mol. The quantitative estimate of drug-likeness (QED) is 0.609. The summed E-state index contributed by atoms with van der Waals surface area (Å²) in [7, 11) is 0. The van der Waals surface area contributed by atoms with E-state index < -0.39 is 0 Å². The Kier molecular flexibility index (Phi) is 2.96. The standard InChI is InChI=1S/C13H23N/c1-4-5-12-10(2)8-9-14-11(3)6-7-13(12)14/h11-13H,2,4-9H2,1,3H3/t11-,12?,13+/m0/s1. The molecule has 2 aliphatic heterocycles. The molecule has 2 aliphatic rings. The number of hydrogen-bond donors (Lipinski definition) is 0. The van der Waals surface area contributed by atoms with Gasteiger partial charge in [-0.3, -0.25) is 4.90 Å². The van der Waals surface area contributed by atoms with Crippen molar-refractivity contribution in [2.75, 3.05) is 6.54 Å². The molecule has 1 nitrogen and oxygen atoms in total. The Bertz CT molecular complexity index is 221. The highest BCUT2D eigenvalue weighted by atomic mass is 15.2. The second-order valence-electron chi connectivity index (χ2n) is 5.03. The van der Waals surface area contributed by atoms with Crippen molar-refractivity contribution >= 4 is 0 Å². The van der Waals surface area contributed by atoms with E-state index in [1.807, 2.05) is 0 Å². The fourth-order valence-electron chi connectivity index (χ4n) is 3.33. The maximum absolute atomic E-state index is 4.27. The van der Waals surface area contributed by atoms with Crippen molar-refractivity contribution in [1.82, 2.24) is 4.90 Å². The van der Waals surface area contributed by atoms with Gasteiger partial charge in [0.15, 0.2) is 0 Å². The van der Waals surface area contributed by atoms with E-state index in [1.165, 1.54) is 44.2 Å². The Hall–Kier alpha value is -0.300. The molecule has 0 aromatic rings. The largest absolute Gasteiger partial charge is 0.297 e. The zero-order valence-electron chi connectivity index (χ0n) is 9.63. The third-order valence-electron chi connectivity index (χ3n) is 4.15. The lowest BCUT2D eigenvalue weighted by Gasteiger charge is -2.40. The van der Waals surface area contributed by atoms with Crippen LogP contribution in [0.3, 0.4) is 0 Å². The van der Waals surface area contributed by atoms with Crippen LogP contribution in [-0.2, 0) is 0 Å². The molecule has 80 valence electrons. The summed E-state index contributed by atoms with van der Waals surface area (Å²) in [4.78, 5) is 2.73. The summed E-state index contributed by atoms with van der Waals surface area (Å²) < 4.78 is 0. The molecule has 2 fully saturated rings. The number of hydrogen-bond acceptors (Lipinski definition) is 1. The third-order valence-corrected chi connectivity index (χ3v) is 4.15. The fraction of sp³-hybridized carbons (Fsp3) is 0.846. The molecular formula is C13H23N. The zero-order valence-corrected chi connectivity index (χ0v) is 9.63. The predicted molar refractivity (Wildman–Crippen MR) is 61.3 cm³/mol. The molecule has 0 aromatic heterocycles. The Labute approximate surface area is 88.2 Å². The highest BCUT2D eigenvalue weighted by Gasteiger charge is 2.39. The SMILES string of the molecule is C=C1CCN2[C@H](CC[C@@H]2C)C1CCC. The molecule has 0 radical (unpaired) electrons. The summed E-state index contributed by atoms with van der Waals surface area (Å²) in [6.45, 7) is 10.2. The molecule has 2 rings (SSSR count). The molecule has 0 saturated carbocycles.